The predicted octanol–water partition coefficient (Wildman–Crippen LogP) is 5.01. The van der Waals surface area contributed by atoms with E-state index in [9.17, 15) is 4.79 Å². The Morgan fingerprint density at radius 1 is 1.19 bits per heavy atom. The first-order valence-corrected chi connectivity index (χ1v) is 11.2. The molecule has 0 saturated carbocycles. The van der Waals surface area contributed by atoms with Crippen molar-refractivity contribution >= 4 is 35.1 Å². The molecule has 4 aromatic rings. The smallest absolute Gasteiger partial charge is 0.236 e. The number of anilines is 1. The van der Waals surface area contributed by atoms with E-state index in [-0.39, 0.29) is 11.7 Å². The number of amides is 1. The van der Waals surface area contributed by atoms with Gasteiger partial charge in [-0.25, -0.2) is 0 Å². The first kappa shape index (κ1) is 21.9. The number of thioether (sulfide) groups is 1. The van der Waals surface area contributed by atoms with E-state index in [4.69, 9.17) is 20.9 Å². The third-order valence-electron chi connectivity index (χ3n) is 4.38. The molecule has 0 fully saturated rings. The first-order chi connectivity index (χ1) is 15.5. The Kier molecular flexibility index (Phi) is 6.77. The van der Waals surface area contributed by atoms with Crippen LogP contribution in [0.5, 0.6) is 5.75 Å². The van der Waals surface area contributed by atoms with Gasteiger partial charge in [-0.2, -0.15) is 0 Å². The van der Waals surface area contributed by atoms with E-state index in [0.29, 0.717) is 34.2 Å². The number of carbonyl (C=O) groups excluding carboxylic acids is 1. The molecule has 1 amide bonds. The molecule has 0 unspecified atom stereocenters. The van der Waals surface area contributed by atoms with E-state index < -0.39 is 0 Å². The van der Waals surface area contributed by atoms with Crippen LogP contribution in [0.3, 0.4) is 0 Å². The third kappa shape index (κ3) is 4.95. The molecule has 0 aliphatic rings. The normalized spacial score (nSPS) is 10.8. The molecule has 2 aromatic heterocycles. The molecule has 0 atom stereocenters. The van der Waals surface area contributed by atoms with Gasteiger partial charge in [-0.1, -0.05) is 40.7 Å². The summed E-state index contributed by atoms with van der Waals surface area (Å²) < 4.78 is 12.4. The molecular formula is C22H20ClN5O3S. The van der Waals surface area contributed by atoms with Crippen molar-refractivity contribution in [2.75, 3.05) is 17.7 Å². The van der Waals surface area contributed by atoms with E-state index in [2.05, 4.69) is 20.7 Å². The number of ether oxygens (including phenoxy) is 1. The predicted molar refractivity (Wildman–Crippen MR) is 124 cm³/mol. The van der Waals surface area contributed by atoms with Crippen molar-refractivity contribution in [2.45, 2.75) is 19.0 Å². The Morgan fingerprint density at radius 3 is 2.66 bits per heavy atom. The molecule has 0 radical (unpaired) electrons. The minimum Gasteiger partial charge on any atom is -0.494 e. The largest absolute Gasteiger partial charge is 0.494 e. The van der Waals surface area contributed by atoms with Crippen LogP contribution in [0.1, 0.15) is 12.7 Å². The average molecular weight is 470 g/mol. The zero-order chi connectivity index (χ0) is 22.5. The second kappa shape index (κ2) is 9.88. The van der Waals surface area contributed by atoms with Gasteiger partial charge < -0.3 is 14.6 Å². The maximum Gasteiger partial charge on any atom is 0.236 e. The fourth-order valence-electron chi connectivity index (χ4n) is 3.01. The lowest BCUT2D eigenvalue weighted by Crippen LogP contribution is -2.14. The number of hydrogen-bond acceptors (Lipinski definition) is 7. The van der Waals surface area contributed by atoms with Gasteiger partial charge >= 0.3 is 0 Å². The third-order valence-corrected chi connectivity index (χ3v) is 5.64. The van der Waals surface area contributed by atoms with Gasteiger partial charge in [0.25, 0.3) is 0 Å². The van der Waals surface area contributed by atoms with E-state index in [1.807, 2.05) is 54.0 Å². The number of rotatable bonds is 8. The summed E-state index contributed by atoms with van der Waals surface area (Å²) in [7, 11) is 0. The van der Waals surface area contributed by atoms with Gasteiger partial charge in [0.1, 0.15) is 11.5 Å². The lowest BCUT2D eigenvalue weighted by atomic mass is 10.2. The zero-order valence-electron chi connectivity index (χ0n) is 17.4. The Morgan fingerprint density at radius 2 is 1.97 bits per heavy atom. The first-order valence-electron chi connectivity index (χ1n) is 9.84. The number of halogens is 1. The molecule has 32 heavy (non-hydrogen) atoms. The van der Waals surface area contributed by atoms with Crippen molar-refractivity contribution in [3.05, 3.63) is 65.4 Å². The van der Waals surface area contributed by atoms with Crippen LogP contribution in [0, 0.1) is 6.92 Å². The van der Waals surface area contributed by atoms with Crippen molar-refractivity contribution in [1.29, 1.82) is 0 Å². The standard InChI is InChI=1S/C22H20ClN5O3S/c1-3-30-16-10-8-15(9-11-16)28-21(17-6-4-5-7-18(17)23)25-26-22(28)32-13-20(29)24-19-12-14(2)31-27-19/h4-12H,3,13H2,1-2H3,(H,24,27,29). The highest BCUT2D eigenvalue weighted by Crippen LogP contribution is 2.32. The molecule has 2 aromatic carbocycles. The van der Waals surface area contributed by atoms with Crippen molar-refractivity contribution in [3.8, 4) is 22.8 Å². The summed E-state index contributed by atoms with van der Waals surface area (Å²) >= 11 is 7.68. The molecule has 0 spiro atoms. The topological polar surface area (TPSA) is 95.1 Å². The quantitative estimate of drug-likeness (QED) is 0.362. The Balaban J connectivity index is 1.63. The lowest BCUT2D eigenvalue weighted by molar-refractivity contribution is -0.113. The molecule has 4 rings (SSSR count). The molecule has 164 valence electrons. The van der Waals surface area contributed by atoms with Crippen LogP contribution in [0.4, 0.5) is 5.82 Å². The number of aromatic nitrogens is 4. The van der Waals surface area contributed by atoms with Crippen LogP contribution in [0.15, 0.2) is 64.3 Å². The van der Waals surface area contributed by atoms with Crippen molar-refractivity contribution in [3.63, 3.8) is 0 Å². The minimum absolute atomic E-state index is 0.115. The highest BCUT2D eigenvalue weighted by molar-refractivity contribution is 7.99. The van der Waals surface area contributed by atoms with Crippen LogP contribution < -0.4 is 10.1 Å². The molecular weight excluding hydrogens is 450 g/mol. The molecule has 0 aliphatic heterocycles. The number of nitrogens with one attached hydrogen (secondary N) is 1. The van der Waals surface area contributed by atoms with E-state index in [1.165, 1.54) is 11.8 Å². The van der Waals surface area contributed by atoms with Gasteiger partial charge in [0, 0.05) is 17.3 Å². The van der Waals surface area contributed by atoms with Crippen LogP contribution in [0.2, 0.25) is 5.02 Å². The molecule has 8 nitrogen and oxygen atoms in total. The second-order valence-electron chi connectivity index (χ2n) is 6.71. The zero-order valence-corrected chi connectivity index (χ0v) is 19.0. The number of aryl methyl sites for hydroxylation is 1. The molecule has 0 bridgehead atoms. The lowest BCUT2D eigenvalue weighted by Gasteiger charge is -2.12. The average Bonchev–Trinajstić information content (AvgIpc) is 3.39. The van der Waals surface area contributed by atoms with Gasteiger partial charge in [-0.15, -0.1) is 10.2 Å². The summed E-state index contributed by atoms with van der Waals surface area (Å²) in [5, 5.41) is 16.3. The fourth-order valence-corrected chi connectivity index (χ4v) is 3.98. The maximum atomic E-state index is 12.4. The van der Waals surface area contributed by atoms with Gasteiger partial charge in [0.05, 0.1) is 17.4 Å². The number of benzene rings is 2. The Hall–Kier alpha value is -3.30. The Bertz CT molecular complexity index is 1220. The minimum atomic E-state index is -0.233. The maximum absolute atomic E-state index is 12.4. The highest BCUT2D eigenvalue weighted by Gasteiger charge is 2.19. The number of nitrogens with zero attached hydrogens (tertiary/aromatic N) is 4. The SMILES string of the molecule is CCOc1ccc(-n2c(SCC(=O)Nc3cc(C)on3)nnc2-c2ccccc2Cl)cc1. The van der Waals surface area contributed by atoms with Gasteiger partial charge in [-0.05, 0) is 50.2 Å². The van der Waals surface area contributed by atoms with Crippen molar-refractivity contribution < 1.29 is 14.1 Å². The van der Waals surface area contributed by atoms with E-state index in [0.717, 1.165) is 17.0 Å². The molecule has 2 heterocycles. The van der Waals surface area contributed by atoms with Crippen LogP contribution in [-0.4, -0.2) is 38.2 Å². The van der Waals surface area contributed by atoms with Gasteiger partial charge in [0.2, 0.25) is 5.91 Å². The van der Waals surface area contributed by atoms with Crippen LogP contribution >= 0.6 is 23.4 Å². The summed E-state index contributed by atoms with van der Waals surface area (Å²) in [6.07, 6.45) is 0. The molecule has 0 aliphatic carbocycles. The Labute approximate surface area is 193 Å². The summed E-state index contributed by atoms with van der Waals surface area (Å²) in [5.74, 6) is 2.22. The molecule has 1 N–H and O–H groups in total. The second-order valence-corrected chi connectivity index (χ2v) is 8.06. The number of hydrogen-bond donors (Lipinski definition) is 1. The van der Waals surface area contributed by atoms with Gasteiger partial charge in [0.15, 0.2) is 16.8 Å². The van der Waals surface area contributed by atoms with Crippen molar-refractivity contribution in [2.24, 2.45) is 0 Å². The number of carbonyl (C=O) groups is 1. The van der Waals surface area contributed by atoms with Crippen LogP contribution in [0.25, 0.3) is 17.1 Å². The van der Waals surface area contributed by atoms with E-state index in [1.54, 1.807) is 19.1 Å². The summed E-state index contributed by atoms with van der Waals surface area (Å²) in [4.78, 5) is 12.4. The summed E-state index contributed by atoms with van der Waals surface area (Å²) in [6.45, 7) is 4.27. The highest BCUT2D eigenvalue weighted by atomic mass is 35.5. The van der Waals surface area contributed by atoms with Crippen LogP contribution in [-0.2, 0) is 4.79 Å². The summed E-state index contributed by atoms with van der Waals surface area (Å²) in [5.41, 5.74) is 1.56. The monoisotopic (exact) mass is 469 g/mol. The van der Waals surface area contributed by atoms with Gasteiger partial charge in [-0.3, -0.25) is 9.36 Å². The van der Waals surface area contributed by atoms with Crippen molar-refractivity contribution in [1.82, 2.24) is 19.9 Å². The fraction of sp³-hybridized carbons (Fsp3) is 0.182. The molecule has 0 saturated heterocycles. The van der Waals surface area contributed by atoms with E-state index >= 15 is 0 Å². The molecule has 10 heteroatoms. The summed E-state index contributed by atoms with van der Waals surface area (Å²) in [6, 6.07) is 16.7.